The van der Waals surface area contributed by atoms with Crippen LogP contribution in [0.3, 0.4) is 0 Å². The zero-order valence-electron chi connectivity index (χ0n) is 18.3. The van der Waals surface area contributed by atoms with E-state index in [1.807, 2.05) is 30.3 Å². The summed E-state index contributed by atoms with van der Waals surface area (Å²) < 4.78 is 22.2. The molecule has 5 nitrogen and oxygen atoms in total. The molecule has 1 aromatic rings. The Kier molecular flexibility index (Phi) is 8.34. The van der Waals surface area contributed by atoms with Gasteiger partial charge in [-0.15, -0.1) is 0 Å². The van der Waals surface area contributed by atoms with E-state index in [1.165, 1.54) is 0 Å². The lowest BCUT2D eigenvalue weighted by molar-refractivity contribution is -0.344. The number of benzene rings is 1. The van der Waals surface area contributed by atoms with Crippen molar-refractivity contribution in [2.45, 2.75) is 80.6 Å². The molecule has 1 aliphatic rings. The van der Waals surface area contributed by atoms with Crippen molar-refractivity contribution >= 4 is 49.1 Å². The number of carbonyl (C=O) groups excluding carboxylic acids is 1. The molecule has 0 amide bonds. The average molecular weight is 498 g/mol. The van der Waals surface area contributed by atoms with Gasteiger partial charge in [0, 0.05) is 6.42 Å². The maximum absolute atomic E-state index is 12.5. The van der Waals surface area contributed by atoms with E-state index in [-0.39, 0.29) is 24.5 Å². The predicted octanol–water partition coefficient (Wildman–Crippen LogP) is 6.53. The van der Waals surface area contributed by atoms with E-state index in [9.17, 15) is 4.79 Å². The van der Waals surface area contributed by atoms with Gasteiger partial charge in [-0.1, -0.05) is 85.9 Å². The second-order valence-electron chi connectivity index (χ2n) is 8.99. The average Bonchev–Trinajstić information content (AvgIpc) is 2.60. The van der Waals surface area contributed by atoms with Crippen LogP contribution in [0.2, 0.25) is 18.1 Å². The Morgan fingerprint density at radius 1 is 1.20 bits per heavy atom. The van der Waals surface area contributed by atoms with Gasteiger partial charge in [0.25, 0.3) is 0 Å². The number of hydrogen-bond acceptors (Lipinski definition) is 5. The van der Waals surface area contributed by atoms with Gasteiger partial charge in [0.2, 0.25) is 10.1 Å². The highest BCUT2D eigenvalue weighted by Crippen LogP contribution is 2.49. The topological polar surface area (TPSA) is 54.0 Å². The maximum atomic E-state index is 12.5. The van der Waals surface area contributed by atoms with E-state index < -0.39 is 36.3 Å². The summed E-state index contributed by atoms with van der Waals surface area (Å²) in [5.41, 5.74) is 0.882. The summed E-state index contributed by atoms with van der Waals surface area (Å²) in [6.07, 6.45) is -1.57. The van der Waals surface area contributed by atoms with Crippen molar-refractivity contribution in [3.05, 3.63) is 35.9 Å². The van der Waals surface area contributed by atoms with Crippen LogP contribution in [0, 0.1) is 0 Å². The van der Waals surface area contributed by atoms with Crippen LogP contribution < -0.4 is 0 Å². The van der Waals surface area contributed by atoms with Gasteiger partial charge in [-0.05, 0) is 30.6 Å². The monoisotopic (exact) mass is 496 g/mol. The molecular weight excluding hydrogens is 467 g/mol. The minimum atomic E-state index is -2.39. The molecule has 1 fully saturated rings. The molecular formula is C21H31Cl3O5Si. The van der Waals surface area contributed by atoms with Crippen LogP contribution >= 0.6 is 34.8 Å². The molecule has 0 aliphatic carbocycles. The summed E-state index contributed by atoms with van der Waals surface area (Å²) in [6, 6.07) is 9.56. The van der Waals surface area contributed by atoms with Crippen molar-refractivity contribution < 1.29 is 23.4 Å². The van der Waals surface area contributed by atoms with Gasteiger partial charge in [-0.25, -0.2) is 0 Å². The minimum Gasteiger partial charge on any atom is -0.466 e. The zero-order valence-corrected chi connectivity index (χ0v) is 21.6. The molecule has 0 radical (unpaired) electrons. The number of alkyl halides is 3. The molecule has 0 spiro atoms. The second-order valence-corrected chi connectivity index (χ2v) is 16.1. The van der Waals surface area contributed by atoms with Crippen molar-refractivity contribution in [2.24, 2.45) is 0 Å². The summed E-state index contributed by atoms with van der Waals surface area (Å²) >= 11 is 18.5. The van der Waals surface area contributed by atoms with Crippen LogP contribution in [0.1, 0.15) is 52.2 Å². The summed E-state index contributed by atoms with van der Waals surface area (Å²) in [5, 5.41) is -0.131. The van der Waals surface area contributed by atoms with Gasteiger partial charge in [-0.2, -0.15) is 0 Å². The lowest BCUT2D eigenvalue weighted by Gasteiger charge is -2.50. The standard InChI is InChI=1S/C21H31Cl3O5Si/c1-7-26-17(25)14-20(29-30(5,6)19(2,3)4)13-16(15-11-9-8-10-12-15)27-18(28-20)21(22,23)24/h8-12,16,18H,7,13-14H2,1-6H3/t16-,18+,20-/m0/s1. The van der Waals surface area contributed by atoms with Crippen molar-refractivity contribution in [2.75, 3.05) is 6.61 Å². The molecule has 1 aromatic carbocycles. The molecule has 1 aliphatic heterocycles. The third-order valence-corrected chi connectivity index (χ3v) is 10.5. The van der Waals surface area contributed by atoms with E-state index in [0.717, 1.165) is 5.56 Å². The lowest BCUT2D eigenvalue weighted by Crippen LogP contribution is -2.58. The Labute approximate surface area is 195 Å². The first-order valence-electron chi connectivity index (χ1n) is 10.00. The summed E-state index contributed by atoms with van der Waals surface area (Å²) in [4.78, 5) is 12.5. The van der Waals surface area contributed by atoms with E-state index in [2.05, 4.69) is 33.9 Å². The van der Waals surface area contributed by atoms with E-state index in [4.69, 9.17) is 53.4 Å². The number of hydrogen-bond donors (Lipinski definition) is 0. The molecule has 0 bridgehead atoms. The summed E-state index contributed by atoms with van der Waals surface area (Å²) in [5.74, 6) is -1.78. The molecule has 1 saturated heterocycles. The number of carbonyl (C=O) groups is 1. The fourth-order valence-electron chi connectivity index (χ4n) is 3.02. The van der Waals surface area contributed by atoms with Crippen LogP contribution in [-0.2, 0) is 23.4 Å². The maximum Gasteiger partial charge on any atom is 0.311 e. The van der Waals surface area contributed by atoms with Gasteiger partial charge in [0.1, 0.15) is 0 Å². The van der Waals surface area contributed by atoms with Crippen LogP contribution in [0.4, 0.5) is 0 Å². The molecule has 3 atom stereocenters. The van der Waals surface area contributed by atoms with Crippen LogP contribution in [0.25, 0.3) is 0 Å². The Morgan fingerprint density at radius 2 is 1.80 bits per heavy atom. The zero-order chi connectivity index (χ0) is 22.8. The smallest absolute Gasteiger partial charge is 0.311 e. The Bertz CT molecular complexity index is 718. The second kappa shape index (κ2) is 9.65. The third-order valence-electron chi connectivity index (χ3n) is 5.51. The van der Waals surface area contributed by atoms with Gasteiger partial charge < -0.3 is 18.6 Å². The molecule has 0 unspecified atom stereocenters. The van der Waals surface area contributed by atoms with E-state index >= 15 is 0 Å². The SMILES string of the molecule is CCOC(=O)C[C@@]1(O[Si](C)(C)C(C)(C)C)C[C@@H](c2ccccc2)O[C@@H](C(Cl)(Cl)Cl)O1. The highest BCUT2D eigenvalue weighted by atomic mass is 35.6. The lowest BCUT2D eigenvalue weighted by atomic mass is 9.97. The molecule has 0 N–H and O–H groups in total. The van der Waals surface area contributed by atoms with Gasteiger partial charge in [0.15, 0.2) is 14.1 Å². The van der Waals surface area contributed by atoms with Crippen molar-refractivity contribution in [3.8, 4) is 0 Å². The van der Waals surface area contributed by atoms with E-state index in [1.54, 1.807) is 6.92 Å². The van der Waals surface area contributed by atoms with Gasteiger partial charge >= 0.3 is 5.97 Å². The highest BCUT2D eigenvalue weighted by molar-refractivity contribution is 6.74. The molecule has 2 rings (SSSR count). The molecule has 30 heavy (non-hydrogen) atoms. The summed E-state index contributed by atoms with van der Waals surface area (Å²) in [7, 11) is -2.39. The van der Waals surface area contributed by atoms with Gasteiger partial charge in [-0.3, -0.25) is 4.79 Å². The Morgan fingerprint density at radius 3 is 2.30 bits per heavy atom. The normalized spacial score (nSPS) is 25.8. The first-order chi connectivity index (χ1) is 13.7. The molecule has 1 heterocycles. The summed E-state index contributed by atoms with van der Waals surface area (Å²) in [6.45, 7) is 12.5. The Hall–Kier alpha value is -0.343. The van der Waals surface area contributed by atoms with Crippen molar-refractivity contribution in [3.63, 3.8) is 0 Å². The minimum absolute atomic E-state index is 0.128. The molecule has 0 saturated carbocycles. The number of esters is 1. The van der Waals surface area contributed by atoms with Crippen LogP contribution in [-0.4, -0.2) is 36.8 Å². The predicted molar refractivity (Wildman–Crippen MR) is 122 cm³/mol. The van der Waals surface area contributed by atoms with Crippen LogP contribution in [0.15, 0.2) is 30.3 Å². The van der Waals surface area contributed by atoms with Crippen molar-refractivity contribution in [1.29, 1.82) is 0 Å². The first-order valence-corrected chi connectivity index (χ1v) is 14.0. The number of ether oxygens (including phenoxy) is 3. The largest absolute Gasteiger partial charge is 0.466 e. The van der Waals surface area contributed by atoms with Crippen LogP contribution in [0.5, 0.6) is 0 Å². The highest BCUT2D eigenvalue weighted by Gasteiger charge is 2.55. The number of rotatable bonds is 6. The third kappa shape index (κ3) is 6.58. The Balaban J connectivity index is 2.50. The first kappa shape index (κ1) is 25.9. The number of halogens is 3. The molecule has 9 heteroatoms. The fourth-order valence-corrected chi connectivity index (χ4v) is 4.75. The molecule has 170 valence electrons. The fraction of sp³-hybridized carbons (Fsp3) is 0.667. The molecule has 0 aromatic heterocycles. The van der Waals surface area contributed by atoms with Crippen molar-refractivity contribution in [1.82, 2.24) is 0 Å². The van der Waals surface area contributed by atoms with E-state index in [0.29, 0.717) is 0 Å². The van der Waals surface area contributed by atoms with Gasteiger partial charge in [0.05, 0.1) is 19.1 Å². The quantitative estimate of drug-likeness (QED) is 0.254.